The second-order valence-corrected chi connectivity index (χ2v) is 8.66. The third-order valence-electron chi connectivity index (χ3n) is 5.59. The van der Waals surface area contributed by atoms with E-state index in [1.54, 1.807) is 6.08 Å². The summed E-state index contributed by atoms with van der Waals surface area (Å²) in [6, 6.07) is 7.34. The highest BCUT2D eigenvalue weighted by molar-refractivity contribution is 8.16. The molecule has 1 aromatic carbocycles. The number of hydrazone groups is 1. The summed E-state index contributed by atoms with van der Waals surface area (Å²) in [7, 11) is 6.62. The first-order valence-corrected chi connectivity index (χ1v) is 10.1. The normalized spacial score (nSPS) is 26.9. The van der Waals surface area contributed by atoms with Crippen LogP contribution in [-0.2, 0) is 19.1 Å². The first-order chi connectivity index (χ1) is 13.8. The summed E-state index contributed by atoms with van der Waals surface area (Å²) in [6.07, 6.45) is 3.77. The van der Waals surface area contributed by atoms with Crippen molar-refractivity contribution in [1.29, 1.82) is 0 Å². The molecule has 0 radical (unpaired) electrons. The molecule has 4 bridgehead atoms. The van der Waals surface area contributed by atoms with Gasteiger partial charge in [0.2, 0.25) is 0 Å². The van der Waals surface area contributed by atoms with Crippen molar-refractivity contribution < 1.29 is 19.1 Å². The smallest absolute Gasteiger partial charge is 0.335 e. The Kier molecular flexibility index (Phi) is 4.69. The highest BCUT2D eigenvalue weighted by Crippen LogP contribution is 2.53. The molecule has 3 heterocycles. The molecule has 3 aliphatic heterocycles. The van der Waals surface area contributed by atoms with E-state index in [1.807, 2.05) is 61.3 Å². The van der Waals surface area contributed by atoms with E-state index in [2.05, 4.69) is 0 Å². The van der Waals surface area contributed by atoms with Crippen molar-refractivity contribution in [3.63, 3.8) is 0 Å². The molecule has 0 aliphatic carbocycles. The lowest BCUT2D eigenvalue weighted by Crippen LogP contribution is -2.61. The van der Waals surface area contributed by atoms with Crippen LogP contribution in [0.25, 0.3) is 0 Å². The van der Waals surface area contributed by atoms with Crippen LogP contribution in [0.4, 0.5) is 5.69 Å². The van der Waals surface area contributed by atoms with E-state index in [0.717, 1.165) is 16.8 Å². The number of esters is 2. The second kappa shape index (κ2) is 6.95. The molecule has 1 aromatic rings. The standard InChI is InChI=1S/C21H23N3O4S/c1-12-10-17-21(20(26)28-5)15(19(25)27-4)11-16(12)24(17)22-18(29-21)13-6-8-14(9-7-13)23(2)3/h6-11,16-17H,1-5H3. The van der Waals surface area contributed by atoms with Gasteiger partial charge in [0, 0.05) is 25.3 Å². The molecule has 0 saturated heterocycles. The van der Waals surface area contributed by atoms with Crippen molar-refractivity contribution in [1.82, 2.24) is 5.01 Å². The van der Waals surface area contributed by atoms with Crippen LogP contribution in [0.1, 0.15) is 12.5 Å². The third-order valence-corrected chi connectivity index (χ3v) is 7.05. The highest BCUT2D eigenvalue weighted by Gasteiger charge is 2.63. The molecule has 0 spiro atoms. The van der Waals surface area contributed by atoms with Crippen LogP contribution >= 0.6 is 11.8 Å². The molecule has 8 heteroatoms. The van der Waals surface area contributed by atoms with Crippen LogP contribution in [0.2, 0.25) is 0 Å². The molecule has 3 aliphatic rings. The zero-order chi connectivity index (χ0) is 20.9. The van der Waals surface area contributed by atoms with Crippen LogP contribution in [0, 0.1) is 0 Å². The monoisotopic (exact) mass is 413 g/mol. The molecule has 4 rings (SSSR count). The Bertz CT molecular complexity index is 967. The number of nitrogens with zero attached hydrogens (tertiary/aromatic N) is 3. The quantitative estimate of drug-likeness (QED) is 0.553. The molecule has 0 N–H and O–H groups in total. The number of methoxy groups -OCH3 is 2. The first kappa shape index (κ1) is 19.6. The van der Waals surface area contributed by atoms with Crippen LogP contribution in [-0.4, -0.2) is 67.1 Å². The van der Waals surface area contributed by atoms with Gasteiger partial charge in [-0.05, 0) is 30.7 Å². The Morgan fingerprint density at radius 1 is 1.14 bits per heavy atom. The number of rotatable bonds is 4. The van der Waals surface area contributed by atoms with Gasteiger partial charge in [-0.1, -0.05) is 30.0 Å². The van der Waals surface area contributed by atoms with E-state index in [1.165, 1.54) is 26.0 Å². The fourth-order valence-corrected chi connectivity index (χ4v) is 5.47. The van der Waals surface area contributed by atoms with Crippen molar-refractivity contribution in [3.8, 4) is 0 Å². The van der Waals surface area contributed by atoms with Gasteiger partial charge in [0.1, 0.15) is 5.04 Å². The minimum atomic E-state index is -1.27. The Morgan fingerprint density at radius 3 is 2.41 bits per heavy atom. The first-order valence-electron chi connectivity index (χ1n) is 9.24. The fourth-order valence-electron chi connectivity index (χ4n) is 4.05. The maximum atomic E-state index is 13.1. The predicted octanol–water partition coefficient (Wildman–Crippen LogP) is 2.18. The summed E-state index contributed by atoms with van der Waals surface area (Å²) in [5.41, 5.74) is 3.29. The molecule has 0 amide bonds. The number of hydrogen-bond donors (Lipinski definition) is 0. The van der Waals surface area contributed by atoms with Gasteiger partial charge in [-0.15, -0.1) is 0 Å². The third kappa shape index (κ3) is 2.77. The van der Waals surface area contributed by atoms with Crippen molar-refractivity contribution >= 4 is 34.4 Å². The molecule has 3 atom stereocenters. The van der Waals surface area contributed by atoms with Gasteiger partial charge in [-0.3, -0.25) is 9.80 Å². The fraction of sp³-hybridized carbons (Fsp3) is 0.381. The summed E-state index contributed by atoms with van der Waals surface area (Å²) < 4.78 is 8.94. The highest BCUT2D eigenvalue weighted by atomic mass is 32.2. The zero-order valence-electron chi connectivity index (χ0n) is 17.0. The topological polar surface area (TPSA) is 71.4 Å². The molecule has 0 fully saturated rings. The average molecular weight is 413 g/mol. The van der Waals surface area contributed by atoms with E-state index in [9.17, 15) is 9.59 Å². The van der Waals surface area contributed by atoms with Crippen LogP contribution in [0.3, 0.4) is 0 Å². The van der Waals surface area contributed by atoms with E-state index < -0.39 is 22.7 Å². The van der Waals surface area contributed by atoms with E-state index in [4.69, 9.17) is 14.6 Å². The molecule has 0 saturated carbocycles. The van der Waals surface area contributed by atoms with Gasteiger partial charge in [-0.25, -0.2) is 4.79 Å². The predicted molar refractivity (Wildman–Crippen MR) is 113 cm³/mol. The number of thioether (sulfide) groups is 1. The van der Waals surface area contributed by atoms with Gasteiger partial charge in [0.05, 0.1) is 31.9 Å². The summed E-state index contributed by atoms with van der Waals surface area (Å²) in [5.74, 6) is -1.01. The van der Waals surface area contributed by atoms with Gasteiger partial charge < -0.3 is 14.4 Å². The van der Waals surface area contributed by atoms with Crippen LogP contribution in [0.5, 0.6) is 0 Å². The number of carbonyl (C=O) groups excluding carboxylic acids is 2. The molecular weight excluding hydrogens is 390 g/mol. The summed E-state index contributed by atoms with van der Waals surface area (Å²) >= 11 is 1.25. The number of carbonyl (C=O) groups is 2. The second-order valence-electron chi connectivity index (χ2n) is 7.43. The maximum absolute atomic E-state index is 13.1. The van der Waals surface area contributed by atoms with Crippen molar-refractivity contribution in [2.75, 3.05) is 33.2 Å². The lowest BCUT2D eigenvalue weighted by Gasteiger charge is -2.47. The van der Waals surface area contributed by atoms with Gasteiger partial charge in [0.15, 0.2) is 4.75 Å². The summed E-state index contributed by atoms with van der Waals surface area (Å²) in [6.45, 7) is 1.98. The number of anilines is 1. The van der Waals surface area contributed by atoms with E-state index in [0.29, 0.717) is 10.6 Å². The zero-order valence-corrected chi connectivity index (χ0v) is 17.8. The largest absolute Gasteiger partial charge is 0.468 e. The van der Waals surface area contributed by atoms with E-state index in [-0.39, 0.29) is 6.04 Å². The lowest BCUT2D eigenvalue weighted by molar-refractivity contribution is -0.147. The minimum absolute atomic E-state index is 0.191. The summed E-state index contributed by atoms with van der Waals surface area (Å²) in [4.78, 5) is 27.8. The average Bonchev–Trinajstić information content (AvgIpc) is 2.97. The molecule has 0 aromatic heterocycles. The lowest BCUT2D eigenvalue weighted by atomic mass is 9.87. The molecule has 7 nitrogen and oxygen atoms in total. The number of ether oxygens (including phenoxy) is 2. The minimum Gasteiger partial charge on any atom is -0.468 e. The van der Waals surface area contributed by atoms with E-state index >= 15 is 0 Å². The van der Waals surface area contributed by atoms with Crippen LogP contribution < -0.4 is 4.90 Å². The molecular formula is C21H23N3O4S. The number of hydrogen-bond acceptors (Lipinski definition) is 8. The Balaban J connectivity index is 1.85. The Hall–Kier alpha value is -2.74. The van der Waals surface area contributed by atoms with Crippen molar-refractivity contribution in [2.24, 2.45) is 5.10 Å². The Morgan fingerprint density at radius 2 is 1.83 bits per heavy atom. The summed E-state index contributed by atoms with van der Waals surface area (Å²) in [5, 5.41) is 7.41. The van der Waals surface area contributed by atoms with Crippen molar-refractivity contribution in [2.45, 2.75) is 23.8 Å². The maximum Gasteiger partial charge on any atom is 0.335 e. The van der Waals surface area contributed by atoms with Gasteiger partial charge in [-0.2, -0.15) is 5.10 Å². The van der Waals surface area contributed by atoms with Crippen molar-refractivity contribution in [3.05, 3.63) is 53.1 Å². The number of benzene rings is 1. The molecule has 29 heavy (non-hydrogen) atoms. The van der Waals surface area contributed by atoms with Gasteiger partial charge in [0.25, 0.3) is 0 Å². The van der Waals surface area contributed by atoms with Crippen LogP contribution in [0.15, 0.2) is 52.7 Å². The molecule has 3 unspecified atom stereocenters. The Labute approximate surface area is 174 Å². The van der Waals surface area contributed by atoms with Gasteiger partial charge >= 0.3 is 11.9 Å². The SMILES string of the molecule is COC(=O)C1=CC2C(C)=CC3N2N=C(c2ccc(N(C)C)cc2)SC13C(=O)OC. The molecule has 152 valence electrons.